The van der Waals surface area contributed by atoms with Crippen LogP contribution in [0.15, 0.2) is 4.79 Å². The highest BCUT2D eigenvalue weighted by atomic mass is 16.6. The molecule has 0 aromatic carbocycles. The molecule has 0 aliphatic carbocycles. The lowest BCUT2D eigenvalue weighted by Gasteiger charge is -2.33. The number of nitrogens with one attached hydrogen (secondary N) is 1. The van der Waals surface area contributed by atoms with Gasteiger partial charge in [0.2, 0.25) is 0 Å². The summed E-state index contributed by atoms with van der Waals surface area (Å²) in [7, 11) is 0. The second kappa shape index (κ2) is 5.91. The first-order valence-electron chi connectivity index (χ1n) is 7.45. The number of aromatic amines is 1. The third-order valence-corrected chi connectivity index (χ3v) is 3.62. The zero-order valence-electron chi connectivity index (χ0n) is 13.2. The van der Waals surface area contributed by atoms with E-state index in [-0.39, 0.29) is 17.7 Å². The predicted molar refractivity (Wildman–Crippen MR) is 78.3 cm³/mol. The molecule has 1 amide bonds. The zero-order valence-corrected chi connectivity index (χ0v) is 13.2. The largest absolute Gasteiger partial charge is 0.444 e. The number of H-pyrrole nitrogens is 1. The van der Waals surface area contributed by atoms with E-state index in [1.807, 2.05) is 27.7 Å². The number of carbonyl (C=O) groups excluding carboxylic acids is 1. The summed E-state index contributed by atoms with van der Waals surface area (Å²) < 4.78 is 7.04. The van der Waals surface area contributed by atoms with Gasteiger partial charge < -0.3 is 9.64 Å². The molecule has 1 aliphatic rings. The maximum atomic E-state index is 12.0. The van der Waals surface area contributed by atoms with Crippen molar-refractivity contribution in [3.05, 3.63) is 16.3 Å². The van der Waals surface area contributed by atoms with Crippen molar-refractivity contribution < 1.29 is 9.53 Å². The Kier molecular flexibility index (Phi) is 4.39. The van der Waals surface area contributed by atoms with Crippen molar-refractivity contribution in [1.82, 2.24) is 19.7 Å². The lowest BCUT2D eigenvalue weighted by atomic mass is 9.96. The molecule has 1 saturated heterocycles. The SMILES string of the molecule is CCn1c(C2CCN(C(=O)OC(C)(C)C)CC2)n[nH]c1=O. The first kappa shape index (κ1) is 15.6. The van der Waals surface area contributed by atoms with Gasteiger partial charge in [0.05, 0.1) is 0 Å². The second-order valence-corrected chi connectivity index (χ2v) is 6.37. The van der Waals surface area contributed by atoms with Gasteiger partial charge in [-0.1, -0.05) is 0 Å². The smallest absolute Gasteiger partial charge is 0.410 e. The minimum absolute atomic E-state index is 0.165. The Hall–Kier alpha value is -1.79. The minimum atomic E-state index is -0.473. The van der Waals surface area contributed by atoms with E-state index in [9.17, 15) is 9.59 Å². The third kappa shape index (κ3) is 3.65. The Bertz CT molecular complexity index is 547. The predicted octanol–water partition coefficient (Wildman–Crippen LogP) is 1.71. The monoisotopic (exact) mass is 296 g/mol. The van der Waals surface area contributed by atoms with Crippen molar-refractivity contribution in [2.45, 2.75) is 58.6 Å². The normalized spacial score (nSPS) is 17.0. The summed E-state index contributed by atoms with van der Waals surface area (Å²) in [5, 5.41) is 6.63. The fraction of sp³-hybridized carbons (Fsp3) is 0.786. The van der Waals surface area contributed by atoms with Gasteiger partial charge in [0.1, 0.15) is 11.4 Å². The molecule has 2 rings (SSSR count). The van der Waals surface area contributed by atoms with Gasteiger partial charge >= 0.3 is 11.8 Å². The number of piperidine rings is 1. The van der Waals surface area contributed by atoms with Crippen molar-refractivity contribution in [2.75, 3.05) is 13.1 Å². The zero-order chi connectivity index (χ0) is 15.6. The van der Waals surface area contributed by atoms with Crippen LogP contribution < -0.4 is 5.69 Å². The van der Waals surface area contributed by atoms with Gasteiger partial charge in [-0.15, -0.1) is 0 Å². The number of nitrogens with zero attached hydrogens (tertiary/aromatic N) is 3. The Balaban J connectivity index is 1.97. The van der Waals surface area contributed by atoms with E-state index in [0.717, 1.165) is 18.7 Å². The third-order valence-electron chi connectivity index (χ3n) is 3.62. The number of hydrogen-bond acceptors (Lipinski definition) is 4. The molecule has 0 spiro atoms. The highest BCUT2D eigenvalue weighted by molar-refractivity contribution is 5.68. The number of carbonyl (C=O) groups is 1. The number of ether oxygens (including phenoxy) is 1. The molecule has 7 nitrogen and oxygen atoms in total. The van der Waals surface area contributed by atoms with Crippen LogP contribution in [-0.4, -0.2) is 44.4 Å². The van der Waals surface area contributed by atoms with Crippen molar-refractivity contribution in [3.63, 3.8) is 0 Å². The lowest BCUT2D eigenvalue weighted by Crippen LogP contribution is -2.41. The van der Waals surface area contributed by atoms with E-state index in [0.29, 0.717) is 19.6 Å². The van der Waals surface area contributed by atoms with E-state index in [1.165, 1.54) is 0 Å². The molecule has 0 radical (unpaired) electrons. The van der Waals surface area contributed by atoms with Crippen LogP contribution in [0.5, 0.6) is 0 Å². The highest BCUT2D eigenvalue weighted by Crippen LogP contribution is 2.26. The van der Waals surface area contributed by atoms with Gasteiger partial charge in [-0.05, 0) is 40.5 Å². The van der Waals surface area contributed by atoms with Crippen LogP contribution in [0.2, 0.25) is 0 Å². The highest BCUT2D eigenvalue weighted by Gasteiger charge is 2.29. The Labute approximate surface area is 124 Å². The summed E-state index contributed by atoms with van der Waals surface area (Å²) in [4.78, 5) is 25.3. The molecule has 1 fully saturated rings. The van der Waals surface area contributed by atoms with Crippen molar-refractivity contribution in [3.8, 4) is 0 Å². The van der Waals surface area contributed by atoms with Crippen LogP contribution in [0.4, 0.5) is 4.79 Å². The van der Waals surface area contributed by atoms with Gasteiger partial charge in [-0.25, -0.2) is 14.7 Å². The Morgan fingerprint density at radius 1 is 1.38 bits per heavy atom. The molecule has 0 unspecified atom stereocenters. The van der Waals surface area contributed by atoms with Crippen molar-refractivity contribution >= 4 is 6.09 Å². The fourth-order valence-corrected chi connectivity index (χ4v) is 2.59. The summed E-state index contributed by atoms with van der Waals surface area (Å²) in [5.74, 6) is 1.01. The maximum Gasteiger partial charge on any atom is 0.410 e. The molecule has 7 heteroatoms. The topological polar surface area (TPSA) is 80.2 Å². The van der Waals surface area contributed by atoms with Crippen LogP contribution in [-0.2, 0) is 11.3 Å². The molecule has 1 aromatic rings. The van der Waals surface area contributed by atoms with Gasteiger partial charge in [0, 0.05) is 25.6 Å². The van der Waals surface area contributed by atoms with Crippen LogP contribution in [0, 0.1) is 0 Å². The molecule has 2 heterocycles. The van der Waals surface area contributed by atoms with E-state index < -0.39 is 5.60 Å². The molecule has 0 saturated carbocycles. The van der Waals surface area contributed by atoms with Gasteiger partial charge in [-0.3, -0.25) is 4.57 Å². The summed E-state index contributed by atoms with van der Waals surface area (Å²) >= 11 is 0. The first-order chi connectivity index (χ1) is 9.81. The number of hydrogen-bond donors (Lipinski definition) is 1. The van der Waals surface area contributed by atoms with E-state index in [2.05, 4.69) is 10.2 Å². The molecular formula is C14H24N4O3. The lowest BCUT2D eigenvalue weighted by molar-refractivity contribution is 0.0202. The van der Waals surface area contributed by atoms with Crippen molar-refractivity contribution in [1.29, 1.82) is 0 Å². The summed E-state index contributed by atoms with van der Waals surface area (Å²) in [6.45, 7) is 9.38. The first-order valence-corrected chi connectivity index (χ1v) is 7.45. The number of aromatic nitrogens is 3. The number of rotatable bonds is 2. The van der Waals surface area contributed by atoms with Gasteiger partial charge in [0.25, 0.3) is 0 Å². The summed E-state index contributed by atoms with van der Waals surface area (Å²) in [6, 6.07) is 0. The molecule has 0 atom stereocenters. The Morgan fingerprint density at radius 2 is 2.00 bits per heavy atom. The van der Waals surface area contributed by atoms with E-state index >= 15 is 0 Å². The fourth-order valence-electron chi connectivity index (χ4n) is 2.59. The number of likely N-dealkylation sites (tertiary alicyclic amines) is 1. The van der Waals surface area contributed by atoms with E-state index in [1.54, 1.807) is 9.47 Å². The second-order valence-electron chi connectivity index (χ2n) is 6.37. The van der Waals surface area contributed by atoms with E-state index in [4.69, 9.17) is 4.74 Å². The minimum Gasteiger partial charge on any atom is -0.444 e. The van der Waals surface area contributed by atoms with Crippen LogP contribution in [0.3, 0.4) is 0 Å². The molecule has 1 aliphatic heterocycles. The molecule has 118 valence electrons. The molecule has 1 aromatic heterocycles. The molecule has 1 N–H and O–H groups in total. The molecular weight excluding hydrogens is 272 g/mol. The number of amides is 1. The van der Waals surface area contributed by atoms with Gasteiger partial charge in [-0.2, -0.15) is 5.10 Å². The average molecular weight is 296 g/mol. The maximum absolute atomic E-state index is 12.0. The standard InChI is InChI=1S/C14H24N4O3/c1-5-18-11(15-16-12(18)19)10-6-8-17(9-7-10)13(20)21-14(2,3)4/h10H,5-9H2,1-4H3,(H,16,19). The molecule has 21 heavy (non-hydrogen) atoms. The van der Waals surface area contributed by atoms with Crippen LogP contribution >= 0.6 is 0 Å². The van der Waals surface area contributed by atoms with Crippen LogP contribution in [0.25, 0.3) is 0 Å². The van der Waals surface area contributed by atoms with Crippen LogP contribution in [0.1, 0.15) is 52.3 Å². The summed E-state index contributed by atoms with van der Waals surface area (Å²) in [5.41, 5.74) is -0.638. The summed E-state index contributed by atoms with van der Waals surface area (Å²) in [6.07, 6.45) is 1.32. The quantitative estimate of drug-likeness (QED) is 0.901. The Morgan fingerprint density at radius 3 is 2.52 bits per heavy atom. The molecule has 0 bridgehead atoms. The van der Waals surface area contributed by atoms with Crippen molar-refractivity contribution in [2.24, 2.45) is 0 Å². The van der Waals surface area contributed by atoms with Gasteiger partial charge in [0.15, 0.2) is 0 Å². The average Bonchev–Trinajstić information content (AvgIpc) is 2.78.